The van der Waals surface area contributed by atoms with Crippen LogP contribution in [0.3, 0.4) is 0 Å². The van der Waals surface area contributed by atoms with Gasteiger partial charge in [-0.2, -0.15) is 8.73 Å². The van der Waals surface area contributed by atoms with E-state index in [1.54, 1.807) is 6.07 Å². The standard InChI is InChI=1S/C10H10Cl2N4OS/c1-5(17)13-2-3-14-8-6(11)4-7(12)9-10(8)16-18-15-9/h4,14H,2-3H2,1H3,(H,13,17). The molecule has 1 aliphatic heterocycles. The van der Waals surface area contributed by atoms with Crippen molar-refractivity contribution >= 4 is 57.5 Å². The number of hydrogen-bond acceptors (Lipinski definition) is 4. The highest BCUT2D eigenvalue weighted by Crippen LogP contribution is 2.47. The summed E-state index contributed by atoms with van der Waals surface area (Å²) >= 11 is 13.2. The monoisotopic (exact) mass is 304 g/mol. The minimum Gasteiger partial charge on any atom is -0.380 e. The van der Waals surface area contributed by atoms with Crippen LogP contribution in [0.2, 0.25) is 10.0 Å². The maximum absolute atomic E-state index is 10.7. The molecular weight excluding hydrogens is 295 g/mol. The fourth-order valence-corrected chi connectivity index (χ4v) is 2.65. The summed E-state index contributed by atoms with van der Waals surface area (Å²) in [6, 6.07) is 1.63. The molecule has 1 aromatic carbocycles. The predicted molar refractivity (Wildman–Crippen MR) is 75.2 cm³/mol. The number of nitrogens with zero attached hydrogens (tertiary/aromatic N) is 2. The third-order valence-electron chi connectivity index (χ3n) is 2.24. The molecule has 1 heterocycles. The molecule has 0 aliphatic carbocycles. The minimum absolute atomic E-state index is 0.0699. The van der Waals surface area contributed by atoms with E-state index in [0.29, 0.717) is 40.2 Å². The molecule has 0 unspecified atom stereocenters. The van der Waals surface area contributed by atoms with Crippen molar-refractivity contribution in [2.24, 2.45) is 8.73 Å². The first kappa shape index (κ1) is 13.3. The van der Waals surface area contributed by atoms with Crippen LogP contribution in [0.25, 0.3) is 0 Å². The molecule has 0 radical (unpaired) electrons. The first-order chi connectivity index (χ1) is 8.59. The topological polar surface area (TPSA) is 65.8 Å². The van der Waals surface area contributed by atoms with Crippen molar-refractivity contribution in [2.45, 2.75) is 6.92 Å². The van der Waals surface area contributed by atoms with Crippen LogP contribution >= 0.6 is 23.2 Å². The van der Waals surface area contributed by atoms with Crippen LogP contribution in [0.4, 0.5) is 17.1 Å². The molecule has 0 bridgehead atoms. The van der Waals surface area contributed by atoms with Crippen molar-refractivity contribution in [1.29, 1.82) is 0 Å². The van der Waals surface area contributed by atoms with E-state index in [1.807, 2.05) is 0 Å². The van der Waals surface area contributed by atoms with Gasteiger partial charge in [0.1, 0.15) is 11.4 Å². The van der Waals surface area contributed by atoms with Gasteiger partial charge in [-0.25, -0.2) is 0 Å². The van der Waals surface area contributed by atoms with Crippen molar-refractivity contribution in [3.05, 3.63) is 16.1 Å². The number of amides is 1. The van der Waals surface area contributed by atoms with Gasteiger partial charge >= 0.3 is 0 Å². The Kier molecular flexibility index (Phi) is 4.21. The third-order valence-corrected chi connectivity index (χ3v) is 3.36. The van der Waals surface area contributed by atoms with Crippen molar-refractivity contribution in [3.63, 3.8) is 0 Å². The second kappa shape index (κ2) is 5.69. The van der Waals surface area contributed by atoms with E-state index in [0.717, 1.165) is 11.4 Å². The molecule has 96 valence electrons. The Balaban J connectivity index is 2.12. The molecule has 18 heavy (non-hydrogen) atoms. The Morgan fingerprint density at radius 3 is 2.72 bits per heavy atom. The molecule has 0 aromatic heterocycles. The number of benzene rings is 1. The molecule has 2 rings (SSSR count). The summed E-state index contributed by atoms with van der Waals surface area (Å²) in [5.41, 5.74) is 1.98. The zero-order chi connectivity index (χ0) is 13.1. The van der Waals surface area contributed by atoms with E-state index < -0.39 is 0 Å². The minimum atomic E-state index is -0.0699. The van der Waals surface area contributed by atoms with Crippen LogP contribution in [0.15, 0.2) is 14.8 Å². The Morgan fingerprint density at radius 1 is 1.28 bits per heavy atom. The van der Waals surface area contributed by atoms with Crippen LogP contribution < -0.4 is 10.6 Å². The highest BCUT2D eigenvalue weighted by Gasteiger charge is 2.18. The van der Waals surface area contributed by atoms with Crippen LogP contribution in [-0.2, 0) is 16.1 Å². The lowest BCUT2D eigenvalue weighted by molar-refractivity contribution is -0.118. The second-order valence-electron chi connectivity index (χ2n) is 3.59. The lowest BCUT2D eigenvalue weighted by Gasteiger charge is -2.12. The Labute approximate surface area is 118 Å². The summed E-state index contributed by atoms with van der Waals surface area (Å²) in [4.78, 5) is 10.7. The summed E-state index contributed by atoms with van der Waals surface area (Å²) in [6.45, 7) is 2.53. The molecule has 1 aromatic rings. The summed E-state index contributed by atoms with van der Waals surface area (Å²) in [6.07, 6.45) is 0. The van der Waals surface area contributed by atoms with Gasteiger partial charge in [-0.15, -0.1) is 0 Å². The zero-order valence-corrected chi connectivity index (χ0v) is 11.8. The quantitative estimate of drug-likeness (QED) is 0.851. The average molecular weight is 305 g/mol. The zero-order valence-electron chi connectivity index (χ0n) is 9.46. The molecule has 0 atom stereocenters. The molecule has 0 saturated heterocycles. The Bertz CT molecular complexity index is 569. The van der Waals surface area contributed by atoms with E-state index in [2.05, 4.69) is 19.4 Å². The summed E-state index contributed by atoms with van der Waals surface area (Å²) in [7, 11) is 0. The molecular formula is C10H10Cl2N4OS. The van der Waals surface area contributed by atoms with Gasteiger partial charge in [0.05, 0.1) is 27.1 Å². The van der Waals surface area contributed by atoms with E-state index in [-0.39, 0.29) is 5.91 Å². The van der Waals surface area contributed by atoms with E-state index in [4.69, 9.17) is 23.2 Å². The molecule has 0 spiro atoms. The normalized spacial score (nSPS) is 11.9. The van der Waals surface area contributed by atoms with Crippen LogP contribution in [0, 0.1) is 0 Å². The van der Waals surface area contributed by atoms with Crippen molar-refractivity contribution in [2.75, 3.05) is 18.4 Å². The average Bonchev–Trinajstić information content (AvgIpc) is 2.76. The molecule has 1 amide bonds. The van der Waals surface area contributed by atoms with Gasteiger partial charge in [0.2, 0.25) is 5.91 Å². The number of carbonyl (C=O) groups excluding carboxylic acids is 1. The van der Waals surface area contributed by atoms with E-state index in [1.165, 1.54) is 6.92 Å². The molecule has 2 N–H and O–H groups in total. The Morgan fingerprint density at radius 2 is 2.00 bits per heavy atom. The van der Waals surface area contributed by atoms with Gasteiger partial charge in [0, 0.05) is 20.0 Å². The Hall–Kier alpha value is -1.11. The third kappa shape index (κ3) is 2.82. The van der Waals surface area contributed by atoms with E-state index >= 15 is 0 Å². The smallest absolute Gasteiger partial charge is 0.216 e. The van der Waals surface area contributed by atoms with Crippen molar-refractivity contribution in [3.8, 4) is 0 Å². The number of anilines is 1. The maximum atomic E-state index is 10.7. The van der Waals surface area contributed by atoms with Crippen molar-refractivity contribution in [1.82, 2.24) is 5.32 Å². The predicted octanol–water partition coefficient (Wildman–Crippen LogP) is 3.27. The maximum Gasteiger partial charge on any atom is 0.216 e. The van der Waals surface area contributed by atoms with Gasteiger partial charge in [-0.1, -0.05) is 23.2 Å². The molecule has 0 saturated carbocycles. The number of fused-ring (bicyclic) bond motifs is 1. The fourth-order valence-electron chi connectivity index (χ4n) is 1.47. The lowest BCUT2D eigenvalue weighted by atomic mass is 10.2. The molecule has 5 nitrogen and oxygen atoms in total. The fraction of sp³-hybridized carbons (Fsp3) is 0.300. The summed E-state index contributed by atoms with van der Waals surface area (Å²) in [5.74, 6) is -0.0699. The van der Waals surface area contributed by atoms with Crippen LogP contribution in [0.5, 0.6) is 0 Å². The first-order valence-electron chi connectivity index (χ1n) is 5.18. The number of rotatable bonds is 4. The summed E-state index contributed by atoms with van der Waals surface area (Å²) < 4.78 is 8.27. The van der Waals surface area contributed by atoms with Crippen LogP contribution in [0.1, 0.15) is 6.92 Å². The highest BCUT2D eigenvalue weighted by molar-refractivity contribution is 7.58. The molecule has 8 heteroatoms. The SMILES string of the molecule is CC(=O)NCCNc1c(Cl)cc(Cl)c2c1N=S=N2. The number of halogens is 2. The highest BCUT2D eigenvalue weighted by atomic mass is 35.5. The van der Waals surface area contributed by atoms with Gasteiger partial charge in [-0.3, -0.25) is 4.79 Å². The number of hydrogen-bond donors (Lipinski definition) is 2. The van der Waals surface area contributed by atoms with Crippen molar-refractivity contribution < 1.29 is 4.79 Å². The molecule has 1 aliphatic rings. The van der Waals surface area contributed by atoms with Gasteiger partial charge < -0.3 is 10.6 Å². The lowest BCUT2D eigenvalue weighted by Crippen LogP contribution is -2.26. The van der Waals surface area contributed by atoms with Gasteiger partial charge in [0.25, 0.3) is 0 Å². The number of carbonyl (C=O) groups is 1. The van der Waals surface area contributed by atoms with Gasteiger partial charge in [-0.05, 0) is 6.07 Å². The second-order valence-corrected chi connectivity index (χ2v) is 4.93. The number of nitrogens with one attached hydrogen (secondary N) is 2. The first-order valence-corrected chi connectivity index (χ1v) is 6.67. The summed E-state index contributed by atoms with van der Waals surface area (Å²) in [5, 5.41) is 6.78. The van der Waals surface area contributed by atoms with E-state index in [9.17, 15) is 4.79 Å². The molecule has 0 fully saturated rings. The van der Waals surface area contributed by atoms with Gasteiger partial charge in [0.15, 0.2) is 0 Å². The largest absolute Gasteiger partial charge is 0.380 e. The van der Waals surface area contributed by atoms with Crippen LogP contribution in [-0.4, -0.2) is 19.0 Å².